The van der Waals surface area contributed by atoms with Crippen LogP contribution in [0.25, 0.3) is 6.08 Å². The van der Waals surface area contributed by atoms with E-state index in [9.17, 15) is 4.79 Å². The Morgan fingerprint density at radius 3 is 2.23 bits per heavy atom. The molecule has 114 valence electrons. The van der Waals surface area contributed by atoms with Crippen LogP contribution in [0.1, 0.15) is 5.56 Å². The van der Waals surface area contributed by atoms with E-state index in [0.717, 1.165) is 11.3 Å². The Labute approximate surface area is 134 Å². The van der Waals surface area contributed by atoms with Crippen LogP contribution in [-0.4, -0.2) is 20.1 Å². The molecule has 1 N–H and O–H groups in total. The van der Waals surface area contributed by atoms with Gasteiger partial charge in [0.2, 0.25) is 0 Å². The molecule has 2 aromatic carbocycles. The predicted octanol–water partition coefficient (Wildman–Crippen LogP) is 3.97. The van der Waals surface area contributed by atoms with Crippen molar-refractivity contribution in [3.63, 3.8) is 0 Å². The minimum atomic E-state index is -0.331. The fraction of sp³-hybridized carbons (Fsp3) is 0.118. The van der Waals surface area contributed by atoms with E-state index in [0.29, 0.717) is 10.7 Å². The van der Waals surface area contributed by atoms with Gasteiger partial charge in [-0.2, -0.15) is 0 Å². The van der Waals surface area contributed by atoms with Gasteiger partial charge in [0.05, 0.1) is 14.2 Å². The van der Waals surface area contributed by atoms with Crippen LogP contribution in [0, 0.1) is 0 Å². The molecule has 2 aromatic rings. The van der Waals surface area contributed by atoms with E-state index in [1.807, 2.05) is 12.1 Å². The van der Waals surface area contributed by atoms with Crippen molar-refractivity contribution < 1.29 is 14.3 Å². The summed E-state index contributed by atoms with van der Waals surface area (Å²) in [6, 6.07) is 14.2. The van der Waals surface area contributed by atoms with Gasteiger partial charge in [-0.15, -0.1) is 0 Å². The highest BCUT2D eigenvalue weighted by atomic mass is 35.5. The third kappa shape index (κ3) is 4.27. The number of benzene rings is 2. The van der Waals surface area contributed by atoms with Crippen LogP contribution in [0.3, 0.4) is 0 Å². The number of amides is 1. The maximum absolute atomic E-state index is 12.2. The van der Waals surface area contributed by atoms with Crippen molar-refractivity contribution in [3.8, 4) is 5.75 Å². The molecule has 5 heteroatoms. The summed E-state index contributed by atoms with van der Waals surface area (Å²) in [5, 5.41) is 3.40. The quantitative estimate of drug-likeness (QED) is 0.670. The van der Waals surface area contributed by atoms with Crippen molar-refractivity contribution in [2.75, 3.05) is 19.5 Å². The monoisotopic (exact) mass is 317 g/mol. The number of hydrogen-bond donors (Lipinski definition) is 1. The summed E-state index contributed by atoms with van der Waals surface area (Å²) < 4.78 is 10.2. The number of nitrogens with one attached hydrogen (secondary N) is 1. The molecule has 0 heterocycles. The van der Waals surface area contributed by atoms with Gasteiger partial charge in [-0.05, 0) is 48.0 Å². The smallest absolute Gasteiger partial charge is 0.290 e. The molecule has 0 atom stereocenters. The highest BCUT2D eigenvalue weighted by molar-refractivity contribution is 6.30. The highest BCUT2D eigenvalue weighted by Crippen LogP contribution is 2.17. The van der Waals surface area contributed by atoms with Gasteiger partial charge in [-0.1, -0.05) is 23.7 Å². The fourth-order valence-electron chi connectivity index (χ4n) is 1.79. The summed E-state index contributed by atoms with van der Waals surface area (Å²) >= 11 is 5.84. The van der Waals surface area contributed by atoms with Crippen LogP contribution in [0.5, 0.6) is 5.75 Å². The van der Waals surface area contributed by atoms with Crippen LogP contribution in [-0.2, 0) is 9.53 Å². The Kier molecular flexibility index (Phi) is 5.44. The topological polar surface area (TPSA) is 47.6 Å². The van der Waals surface area contributed by atoms with E-state index >= 15 is 0 Å². The molecule has 0 radical (unpaired) electrons. The number of carbonyl (C=O) groups excluding carboxylic acids is 1. The van der Waals surface area contributed by atoms with Crippen molar-refractivity contribution in [2.45, 2.75) is 0 Å². The van der Waals surface area contributed by atoms with Crippen molar-refractivity contribution in [1.29, 1.82) is 0 Å². The second kappa shape index (κ2) is 7.52. The molecule has 0 spiro atoms. The van der Waals surface area contributed by atoms with Gasteiger partial charge < -0.3 is 14.8 Å². The maximum atomic E-state index is 12.2. The second-order valence-electron chi connectivity index (χ2n) is 4.45. The molecule has 0 aromatic heterocycles. The molecule has 4 nitrogen and oxygen atoms in total. The van der Waals surface area contributed by atoms with Crippen molar-refractivity contribution >= 4 is 29.3 Å². The lowest BCUT2D eigenvalue weighted by Crippen LogP contribution is -2.15. The first-order chi connectivity index (χ1) is 10.6. The van der Waals surface area contributed by atoms with E-state index in [-0.39, 0.29) is 11.7 Å². The first kappa shape index (κ1) is 15.9. The van der Waals surface area contributed by atoms with Crippen LogP contribution in [0.2, 0.25) is 5.02 Å². The SMILES string of the molecule is CO/C(=C\c1ccc(Cl)cc1)C(=O)Nc1ccc(OC)cc1. The van der Waals surface area contributed by atoms with E-state index < -0.39 is 0 Å². The van der Waals surface area contributed by atoms with Crippen LogP contribution in [0.4, 0.5) is 5.69 Å². The Balaban J connectivity index is 2.12. The number of ether oxygens (including phenoxy) is 2. The van der Waals surface area contributed by atoms with E-state index in [1.165, 1.54) is 7.11 Å². The van der Waals surface area contributed by atoms with Gasteiger partial charge >= 0.3 is 0 Å². The first-order valence-electron chi connectivity index (χ1n) is 6.59. The zero-order valence-corrected chi connectivity index (χ0v) is 13.1. The number of anilines is 1. The van der Waals surface area contributed by atoms with E-state index in [1.54, 1.807) is 49.6 Å². The molecule has 1 amide bonds. The van der Waals surface area contributed by atoms with E-state index in [2.05, 4.69) is 5.32 Å². The van der Waals surface area contributed by atoms with Crippen LogP contribution in [0.15, 0.2) is 54.3 Å². The summed E-state index contributed by atoms with van der Waals surface area (Å²) in [5.41, 5.74) is 1.48. The number of rotatable bonds is 5. The predicted molar refractivity (Wildman–Crippen MR) is 88.1 cm³/mol. The van der Waals surface area contributed by atoms with Crippen molar-refractivity contribution in [2.24, 2.45) is 0 Å². The largest absolute Gasteiger partial charge is 0.497 e. The molecule has 0 bridgehead atoms. The van der Waals surface area contributed by atoms with Gasteiger partial charge in [0.15, 0.2) is 5.76 Å². The zero-order valence-electron chi connectivity index (χ0n) is 12.3. The van der Waals surface area contributed by atoms with Gasteiger partial charge in [0.1, 0.15) is 5.75 Å². The summed E-state index contributed by atoms with van der Waals surface area (Å²) in [6.45, 7) is 0. The molecule has 0 aliphatic carbocycles. The molecule has 0 aliphatic rings. The lowest BCUT2D eigenvalue weighted by Gasteiger charge is -2.08. The number of halogens is 1. The molecular formula is C17H16ClNO3. The molecule has 0 unspecified atom stereocenters. The first-order valence-corrected chi connectivity index (χ1v) is 6.97. The summed E-state index contributed by atoms with van der Waals surface area (Å²) in [5.74, 6) is 0.599. The third-order valence-corrected chi connectivity index (χ3v) is 3.21. The van der Waals surface area contributed by atoms with Crippen LogP contribution >= 0.6 is 11.6 Å². The molecule has 0 saturated heterocycles. The van der Waals surface area contributed by atoms with Crippen molar-refractivity contribution in [3.05, 3.63) is 64.9 Å². The Morgan fingerprint density at radius 1 is 1.05 bits per heavy atom. The molecule has 2 rings (SSSR count). The molecule has 0 fully saturated rings. The standard InChI is InChI=1S/C17H16ClNO3/c1-21-15-9-7-14(8-10-15)19-17(20)16(22-2)11-12-3-5-13(18)6-4-12/h3-11H,1-2H3,(H,19,20)/b16-11-. The molecular weight excluding hydrogens is 302 g/mol. The van der Waals surface area contributed by atoms with Gasteiger partial charge in [0.25, 0.3) is 5.91 Å². The van der Waals surface area contributed by atoms with Crippen molar-refractivity contribution in [1.82, 2.24) is 0 Å². The molecule has 0 aliphatic heterocycles. The maximum Gasteiger partial charge on any atom is 0.290 e. The Hall–Kier alpha value is -2.46. The lowest BCUT2D eigenvalue weighted by molar-refractivity contribution is -0.115. The molecule has 22 heavy (non-hydrogen) atoms. The number of methoxy groups -OCH3 is 2. The minimum Gasteiger partial charge on any atom is -0.497 e. The van der Waals surface area contributed by atoms with Gasteiger partial charge in [-0.25, -0.2) is 0 Å². The number of hydrogen-bond acceptors (Lipinski definition) is 3. The minimum absolute atomic E-state index is 0.207. The average molecular weight is 318 g/mol. The second-order valence-corrected chi connectivity index (χ2v) is 4.88. The highest BCUT2D eigenvalue weighted by Gasteiger charge is 2.10. The zero-order chi connectivity index (χ0) is 15.9. The summed E-state index contributed by atoms with van der Waals surface area (Å²) in [7, 11) is 3.04. The number of carbonyl (C=O) groups is 1. The van der Waals surface area contributed by atoms with Crippen LogP contribution < -0.4 is 10.1 Å². The summed E-state index contributed by atoms with van der Waals surface area (Å²) in [4.78, 5) is 12.2. The van der Waals surface area contributed by atoms with E-state index in [4.69, 9.17) is 21.1 Å². The third-order valence-electron chi connectivity index (χ3n) is 2.96. The Bertz CT molecular complexity index is 663. The average Bonchev–Trinajstić information content (AvgIpc) is 2.55. The normalized spacial score (nSPS) is 11.0. The van der Waals surface area contributed by atoms with Gasteiger partial charge in [-0.3, -0.25) is 4.79 Å². The lowest BCUT2D eigenvalue weighted by atomic mass is 10.2. The fourth-order valence-corrected chi connectivity index (χ4v) is 1.92. The summed E-state index contributed by atoms with van der Waals surface area (Å²) in [6.07, 6.45) is 1.65. The Morgan fingerprint density at radius 2 is 1.68 bits per heavy atom. The molecule has 0 saturated carbocycles. The van der Waals surface area contributed by atoms with Gasteiger partial charge in [0, 0.05) is 10.7 Å².